The quantitative estimate of drug-likeness (QED) is 0.508. The van der Waals surface area contributed by atoms with E-state index in [0.717, 1.165) is 11.3 Å². The zero-order valence-corrected chi connectivity index (χ0v) is 6.85. The third-order valence-electron chi connectivity index (χ3n) is 1.38. The number of aryl methyl sites for hydroxylation is 1. The number of carbonyl (C=O) groups is 1. The number of para-hydroxylation sites is 1. The number of benzene rings is 1. The zero-order chi connectivity index (χ0) is 8.27. The van der Waals surface area contributed by atoms with Crippen LogP contribution in [0.15, 0.2) is 24.3 Å². The van der Waals surface area contributed by atoms with Crippen LogP contribution in [-0.4, -0.2) is 5.37 Å². The summed E-state index contributed by atoms with van der Waals surface area (Å²) in [4.78, 5) is 10.4. The fourth-order valence-electron chi connectivity index (χ4n) is 0.819. The van der Waals surface area contributed by atoms with Crippen molar-refractivity contribution in [2.45, 2.75) is 6.92 Å². The Balaban J connectivity index is 2.86. The second-order valence-corrected chi connectivity index (χ2v) is 2.56. The number of nitrogens with one attached hydrogen (secondary N) is 1. The maximum Gasteiger partial charge on any atom is 0.318 e. The van der Waals surface area contributed by atoms with Crippen molar-refractivity contribution in [3.8, 4) is 0 Å². The molecule has 0 radical (unpaired) electrons. The monoisotopic (exact) mass is 169 g/mol. The van der Waals surface area contributed by atoms with Gasteiger partial charge < -0.3 is 5.32 Å². The maximum absolute atomic E-state index is 10.4. The molecule has 0 atom stereocenters. The number of anilines is 1. The van der Waals surface area contributed by atoms with Crippen molar-refractivity contribution in [1.82, 2.24) is 0 Å². The van der Waals surface area contributed by atoms with Crippen LogP contribution in [-0.2, 0) is 0 Å². The molecule has 0 aliphatic heterocycles. The Kier molecular flexibility index (Phi) is 2.49. The van der Waals surface area contributed by atoms with Gasteiger partial charge in [-0.05, 0) is 30.2 Å². The molecule has 0 aromatic heterocycles. The Morgan fingerprint density at radius 3 is 2.64 bits per heavy atom. The first-order valence-corrected chi connectivity index (χ1v) is 3.60. The Morgan fingerprint density at radius 2 is 2.09 bits per heavy atom. The van der Waals surface area contributed by atoms with E-state index in [1.807, 2.05) is 25.1 Å². The van der Waals surface area contributed by atoms with Gasteiger partial charge in [-0.3, -0.25) is 4.79 Å². The second-order valence-electron chi connectivity index (χ2n) is 2.21. The SMILES string of the molecule is Cc1ccccc1NC(=O)Cl. The van der Waals surface area contributed by atoms with Crippen molar-refractivity contribution in [2.24, 2.45) is 0 Å². The minimum atomic E-state index is -0.556. The fraction of sp³-hybridized carbons (Fsp3) is 0.125. The molecule has 0 saturated heterocycles. The van der Waals surface area contributed by atoms with E-state index < -0.39 is 5.37 Å². The molecule has 0 spiro atoms. The Morgan fingerprint density at radius 1 is 1.45 bits per heavy atom. The molecule has 0 aliphatic rings. The number of amides is 1. The van der Waals surface area contributed by atoms with Gasteiger partial charge in [-0.25, -0.2) is 0 Å². The summed E-state index contributed by atoms with van der Waals surface area (Å²) in [7, 11) is 0. The van der Waals surface area contributed by atoms with Gasteiger partial charge >= 0.3 is 5.37 Å². The van der Waals surface area contributed by atoms with Crippen molar-refractivity contribution in [2.75, 3.05) is 5.32 Å². The van der Waals surface area contributed by atoms with Gasteiger partial charge in [-0.15, -0.1) is 0 Å². The fourth-order valence-corrected chi connectivity index (χ4v) is 0.921. The average Bonchev–Trinajstić information content (AvgIpc) is 1.93. The summed E-state index contributed by atoms with van der Waals surface area (Å²) in [6.07, 6.45) is 0. The predicted molar refractivity (Wildman–Crippen MR) is 46.1 cm³/mol. The molecule has 1 N–H and O–H groups in total. The van der Waals surface area contributed by atoms with E-state index in [9.17, 15) is 4.79 Å². The molecule has 1 amide bonds. The predicted octanol–water partition coefficient (Wildman–Crippen LogP) is 2.77. The van der Waals surface area contributed by atoms with Crippen LogP contribution < -0.4 is 5.32 Å². The number of carbonyl (C=O) groups excluding carboxylic acids is 1. The standard InChI is InChI=1S/C8H8ClNO/c1-6-4-2-3-5-7(6)10-8(9)11/h2-5H,1H3,(H,10,11). The van der Waals surface area contributed by atoms with E-state index in [1.54, 1.807) is 6.07 Å². The first kappa shape index (κ1) is 8.08. The van der Waals surface area contributed by atoms with E-state index in [2.05, 4.69) is 5.32 Å². The van der Waals surface area contributed by atoms with Gasteiger partial charge in [-0.2, -0.15) is 0 Å². The van der Waals surface area contributed by atoms with E-state index in [1.165, 1.54) is 0 Å². The Bertz CT molecular complexity index is 273. The van der Waals surface area contributed by atoms with Gasteiger partial charge in [0, 0.05) is 5.69 Å². The van der Waals surface area contributed by atoms with Crippen molar-refractivity contribution in [1.29, 1.82) is 0 Å². The molecule has 3 heteroatoms. The second kappa shape index (κ2) is 3.39. The molecule has 0 heterocycles. The topological polar surface area (TPSA) is 29.1 Å². The molecule has 1 aromatic rings. The molecule has 1 aromatic carbocycles. The van der Waals surface area contributed by atoms with Gasteiger partial charge in [0.25, 0.3) is 0 Å². The van der Waals surface area contributed by atoms with Crippen LogP contribution in [0, 0.1) is 6.92 Å². The van der Waals surface area contributed by atoms with E-state index in [0.29, 0.717) is 0 Å². The van der Waals surface area contributed by atoms with Crippen molar-refractivity contribution in [3.63, 3.8) is 0 Å². The van der Waals surface area contributed by atoms with Crippen LogP contribution in [0.2, 0.25) is 0 Å². The molecule has 0 unspecified atom stereocenters. The number of rotatable bonds is 1. The van der Waals surface area contributed by atoms with Crippen LogP contribution in [0.4, 0.5) is 10.5 Å². The van der Waals surface area contributed by atoms with Crippen molar-refractivity contribution >= 4 is 22.7 Å². The molecule has 0 saturated carbocycles. The van der Waals surface area contributed by atoms with Gasteiger partial charge in [0.15, 0.2) is 0 Å². The van der Waals surface area contributed by atoms with E-state index in [4.69, 9.17) is 11.6 Å². The molecule has 11 heavy (non-hydrogen) atoms. The lowest BCUT2D eigenvalue weighted by Crippen LogP contribution is -2.01. The summed E-state index contributed by atoms with van der Waals surface area (Å²) >= 11 is 5.13. The normalized spacial score (nSPS) is 9.27. The summed E-state index contributed by atoms with van der Waals surface area (Å²) in [5, 5.41) is 1.94. The molecule has 0 fully saturated rings. The first-order valence-electron chi connectivity index (χ1n) is 3.22. The number of halogens is 1. The van der Waals surface area contributed by atoms with Gasteiger partial charge in [-0.1, -0.05) is 18.2 Å². The lowest BCUT2D eigenvalue weighted by molar-refractivity contribution is 0.269. The van der Waals surface area contributed by atoms with Crippen LogP contribution >= 0.6 is 11.6 Å². The van der Waals surface area contributed by atoms with Crippen LogP contribution in [0.1, 0.15) is 5.56 Å². The van der Waals surface area contributed by atoms with Crippen LogP contribution in [0.5, 0.6) is 0 Å². The molecule has 2 nitrogen and oxygen atoms in total. The molecular formula is C8H8ClNO. The van der Waals surface area contributed by atoms with Crippen molar-refractivity contribution in [3.05, 3.63) is 29.8 Å². The smallest absolute Gasteiger partial charge is 0.312 e. The highest BCUT2D eigenvalue weighted by Gasteiger charge is 1.98. The largest absolute Gasteiger partial charge is 0.318 e. The highest BCUT2D eigenvalue weighted by atomic mass is 35.5. The lowest BCUT2D eigenvalue weighted by Gasteiger charge is -2.02. The number of hydrogen-bond donors (Lipinski definition) is 1. The molecule has 58 valence electrons. The van der Waals surface area contributed by atoms with E-state index >= 15 is 0 Å². The number of hydrogen-bond acceptors (Lipinski definition) is 1. The summed E-state index contributed by atoms with van der Waals surface area (Å²) in [5.74, 6) is 0. The highest BCUT2D eigenvalue weighted by molar-refractivity contribution is 6.65. The highest BCUT2D eigenvalue weighted by Crippen LogP contribution is 2.13. The van der Waals surface area contributed by atoms with Crippen molar-refractivity contribution < 1.29 is 4.79 Å². The Hall–Kier alpha value is -1.02. The average molecular weight is 170 g/mol. The summed E-state index contributed by atoms with van der Waals surface area (Å²) in [6.45, 7) is 1.90. The minimum Gasteiger partial charge on any atom is -0.312 e. The molecular weight excluding hydrogens is 162 g/mol. The van der Waals surface area contributed by atoms with Gasteiger partial charge in [0.05, 0.1) is 0 Å². The Labute approximate surface area is 70.2 Å². The summed E-state index contributed by atoms with van der Waals surface area (Å²) in [5.41, 5.74) is 1.76. The third-order valence-corrected chi connectivity index (χ3v) is 1.47. The lowest BCUT2D eigenvalue weighted by atomic mass is 10.2. The van der Waals surface area contributed by atoms with E-state index in [-0.39, 0.29) is 0 Å². The zero-order valence-electron chi connectivity index (χ0n) is 6.10. The van der Waals surface area contributed by atoms with Gasteiger partial charge in [0.1, 0.15) is 0 Å². The first-order chi connectivity index (χ1) is 5.20. The summed E-state index contributed by atoms with van der Waals surface area (Å²) in [6, 6.07) is 7.45. The van der Waals surface area contributed by atoms with Crippen LogP contribution in [0.3, 0.4) is 0 Å². The molecule has 0 aliphatic carbocycles. The molecule has 0 bridgehead atoms. The van der Waals surface area contributed by atoms with Crippen LogP contribution in [0.25, 0.3) is 0 Å². The maximum atomic E-state index is 10.4. The minimum absolute atomic E-state index is 0.556. The molecule has 1 rings (SSSR count). The summed E-state index contributed by atoms with van der Waals surface area (Å²) < 4.78 is 0. The third kappa shape index (κ3) is 2.24. The van der Waals surface area contributed by atoms with Gasteiger partial charge in [0.2, 0.25) is 0 Å².